The quantitative estimate of drug-likeness (QED) is 0.644. The molecule has 116 valence electrons. The van der Waals surface area contributed by atoms with Crippen LogP contribution in [0.2, 0.25) is 0 Å². The molecule has 2 nitrogen and oxygen atoms in total. The Morgan fingerprint density at radius 1 is 1.20 bits per heavy atom. The van der Waals surface area contributed by atoms with Gasteiger partial charge in [-0.3, -0.25) is 4.79 Å². The number of rotatable bonds is 8. The monoisotopic (exact) mass is 279 g/mol. The van der Waals surface area contributed by atoms with Crippen molar-refractivity contribution in [1.82, 2.24) is 5.32 Å². The maximum atomic E-state index is 12.7. The van der Waals surface area contributed by atoms with Gasteiger partial charge < -0.3 is 5.32 Å². The molecule has 0 bridgehead atoms. The van der Waals surface area contributed by atoms with E-state index in [4.69, 9.17) is 0 Å². The molecule has 1 aliphatic heterocycles. The fraction of sp³-hybridized carbons (Fsp3) is 0.833. The second-order valence-electron chi connectivity index (χ2n) is 7.09. The minimum absolute atomic E-state index is 0.0331. The van der Waals surface area contributed by atoms with Gasteiger partial charge in [-0.15, -0.1) is 0 Å². The van der Waals surface area contributed by atoms with E-state index in [0.29, 0.717) is 11.7 Å². The van der Waals surface area contributed by atoms with Crippen LogP contribution in [-0.2, 0) is 4.79 Å². The lowest BCUT2D eigenvalue weighted by Crippen LogP contribution is -2.37. The summed E-state index contributed by atoms with van der Waals surface area (Å²) in [6.45, 7) is 12.0. The summed E-state index contributed by atoms with van der Waals surface area (Å²) in [7, 11) is 0. The van der Waals surface area contributed by atoms with E-state index < -0.39 is 0 Å². The third-order valence-corrected chi connectivity index (χ3v) is 4.38. The molecule has 0 fully saturated rings. The van der Waals surface area contributed by atoms with Crippen LogP contribution in [0.3, 0.4) is 0 Å². The lowest BCUT2D eigenvalue weighted by Gasteiger charge is -2.36. The van der Waals surface area contributed by atoms with Crippen LogP contribution in [0, 0.1) is 11.3 Å². The highest BCUT2D eigenvalue weighted by Crippen LogP contribution is 2.38. The SMILES string of the molecule is CCCCCCCC(=O)C1=C(C(C)C)NCCC1(C)C. The molecule has 0 unspecified atom stereocenters. The summed E-state index contributed by atoms with van der Waals surface area (Å²) in [4.78, 5) is 12.7. The van der Waals surface area contributed by atoms with E-state index in [1.807, 2.05) is 0 Å². The number of Topliss-reactive ketones (excluding diaryl/α,β-unsaturated/α-hetero) is 1. The molecular weight excluding hydrogens is 246 g/mol. The summed E-state index contributed by atoms with van der Waals surface area (Å²) in [6.07, 6.45) is 7.83. The van der Waals surface area contributed by atoms with E-state index in [0.717, 1.165) is 31.4 Å². The van der Waals surface area contributed by atoms with Crippen LogP contribution >= 0.6 is 0 Å². The Kier molecular flexibility index (Phi) is 6.78. The van der Waals surface area contributed by atoms with Gasteiger partial charge in [0.15, 0.2) is 5.78 Å². The van der Waals surface area contributed by atoms with Gasteiger partial charge in [0.25, 0.3) is 0 Å². The highest BCUT2D eigenvalue weighted by Gasteiger charge is 2.34. The van der Waals surface area contributed by atoms with Crippen LogP contribution in [-0.4, -0.2) is 12.3 Å². The summed E-state index contributed by atoms with van der Waals surface area (Å²) in [5.74, 6) is 0.788. The summed E-state index contributed by atoms with van der Waals surface area (Å²) < 4.78 is 0. The molecule has 1 rings (SSSR count). The Hall–Kier alpha value is -0.790. The molecule has 20 heavy (non-hydrogen) atoms. The molecule has 0 atom stereocenters. The van der Waals surface area contributed by atoms with Crippen molar-refractivity contribution in [2.24, 2.45) is 11.3 Å². The zero-order valence-corrected chi connectivity index (χ0v) is 14.1. The molecule has 0 aromatic rings. The summed E-state index contributed by atoms with van der Waals surface area (Å²) in [6, 6.07) is 0. The van der Waals surface area contributed by atoms with Crippen molar-refractivity contribution in [3.8, 4) is 0 Å². The van der Waals surface area contributed by atoms with Gasteiger partial charge in [0.2, 0.25) is 0 Å². The van der Waals surface area contributed by atoms with Gasteiger partial charge in [-0.25, -0.2) is 0 Å². The first-order chi connectivity index (χ1) is 9.40. The number of carbonyl (C=O) groups is 1. The lowest BCUT2D eigenvalue weighted by molar-refractivity contribution is -0.117. The van der Waals surface area contributed by atoms with Crippen molar-refractivity contribution in [2.45, 2.75) is 79.6 Å². The smallest absolute Gasteiger partial charge is 0.161 e. The summed E-state index contributed by atoms with van der Waals surface area (Å²) >= 11 is 0. The van der Waals surface area contributed by atoms with Crippen LogP contribution in [0.1, 0.15) is 79.6 Å². The second-order valence-corrected chi connectivity index (χ2v) is 7.09. The van der Waals surface area contributed by atoms with E-state index in [9.17, 15) is 4.79 Å². The predicted molar refractivity (Wildman–Crippen MR) is 86.6 cm³/mol. The van der Waals surface area contributed by atoms with Gasteiger partial charge in [-0.1, -0.05) is 60.3 Å². The predicted octanol–water partition coefficient (Wildman–Crippen LogP) is 4.85. The van der Waals surface area contributed by atoms with E-state index in [1.54, 1.807) is 0 Å². The fourth-order valence-electron chi connectivity index (χ4n) is 3.12. The zero-order chi connectivity index (χ0) is 15.2. The van der Waals surface area contributed by atoms with Gasteiger partial charge in [-0.2, -0.15) is 0 Å². The zero-order valence-electron chi connectivity index (χ0n) is 14.1. The molecule has 0 saturated carbocycles. The Balaban J connectivity index is 2.70. The molecule has 0 amide bonds. The third-order valence-electron chi connectivity index (χ3n) is 4.38. The average Bonchev–Trinajstić information content (AvgIpc) is 2.36. The van der Waals surface area contributed by atoms with Crippen molar-refractivity contribution < 1.29 is 4.79 Å². The fourth-order valence-corrected chi connectivity index (χ4v) is 3.12. The van der Waals surface area contributed by atoms with Crippen LogP contribution in [0.5, 0.6) is 0 Å². The molecule has 2 heteroatoms. The third kappa shape index (κ3) is 4.64. The van der Waals surface area contributed by atoms with E-state index in [2.05, 4.69) is 39.9 Å². The molecule has 0 aliphatic carbocycles. The Labute approximate surface area is 125 Å². The number of hydrogen-bond acceptors (Lipinski definition) is 2. The number of allylic oxidation sites excluding steroid dienone is 2. The highest BCUT2D eigenvalue weighted by molar-refractivity contribution is 5.97. The van der Waals surface area contributed by atoms with Gasteiger partial charge in [0, 0.05) is 24.2 Å². The first-order valence-corrected chi connectivity index (χ1v) is 8.42. The van der Waals surface area contributed by atoms with Gasteiger partial charge in [-0.05, 0) is 24.2 Å². The standard InChI is InChI=1S/C18H33NO/c1-6-7-8-9-10-11-15(20)16-17(14(2)3)19-13-12-18(16,4)5/h14,19H,6-13H2,1-5H3. The first kappa shape index (κ1) is 17.3. The topological polar surface area (TPSA) is 29.1 Å². The molecular formula is C18H33NO. The van der Waals surface area contributed by atoms with Crippen molar-refractivity contribution in [1.29, 1.82) is 0 Å². The molecule has 0 aromatic heterocycles. The minimum Gasteiger partial charge on any atom is -0.388 e. The maximum Gasteiger partial charge on any atom is 0.161 e. The minimum atomic E-state index is 0.0331. The molecule has 1 N–H and O–H groups in total. The van der Waals surface area contributed by atoms with Crippen LogP contribution in [0.25, 0.3) is 0 Å². The Bertz CT molecular complexity index is 352. The number of ketones is 1. The van der Waals surface area contributed by atoms with Crippen molar-refractivity contribution in [2.75, 3.05) is 6.54 Å². The second kappa shape index (κ2) is 7.85. The number of hydrogen-bond donors (Lipinski definition) is 1. The number of carbonyl (C=O) groups excluding carboxylic acids is 1. The molecule has 1 aliphatic rings. The van der Waals surface area contributed by atoms with Gasteiger partial charge >= 0.3 is 0 Å². The van der Waals surface area contributed by atoms with Crippen LogP contribution < -0.4 is 5.32 Å². The molecule has 0 radical (unpaired) electrons. The van der Waals surface area contributed by atoms with Crippen molar-refractivity contribution in [3.05, 3.63) is 11.3 Å². The Morgan fingerprint density at radius 3 is 2.45 bits per heavy atom. The molecule has 1 heterocycles. The Morgan fingerprint density at radius 2 is 1.85 bits per heavy atom. The van der Waals surface area contributed by atoms with Crippen molar-refractivity contribution in [3.63, 3.8) is 0 Å². The summed E-state index contributed by atoms with van der Waals surface area (Å²) in [5, 5.41) is 3.47. The normalized spacial score (nSPS) is 18.3. The van der Waals surface area contributed by atoms with Crippen molar-refractivity contribution >= 4 is 5.78 Å². The molecule has 0 saturated heterocycles. The van der Waals surface area contributed by atoms with Gasteiger partial charge in [0.05, 0.1) is 0 Å². The lowest BCUT2D eigenvalue weighted by atomic mass is 9.73. The van der Waals surface area contributed by atoms with E-state index in [-0.39, 0.29) is 5.41 Å². The number of nitrogens with one attached hydrogen (secondary N) is 1. The molecule has 0 aromatic carbocycles. The summed E-state index contributed by atoms with van der Waals surface area (Å²) in [5.41, 5.74) is 2.31. The number of unbranched alkanes of at least 4 members (excludes halogenated alkanes) is 4. The van der Waals surface area contributed by atoms with Gasteiger partial charge in [0.1, 0.15) is 0 Å². The highest BCUT2D eigenvalue weighted by atomic mass is 16.1. The largest absolute Gasteiger partial charge is 0.388 e. The maximum absolute atomic E-state index is 12.7. The van der Waals surface area contributed by atoms with E-state index >= 15 is 0 Å². The van der Waals surface area contributed by atoms with Crippen LogP contribution in [0.15, 0.2) is 11.3 Å². The average molecular weight is 279 g/mol. The van der Waals surface area contributed by atoms with E-state index in [1.165, 1.54) is 31.4 Å². The first-order valence-electron chi connectivity index (χ1n) is 8.42. The molecule has 0 spiro atoms. The van der Waals surface area contributed by atoms with Crippen LogP contribution in [0.4, 0.5) is 0 Å².